The molecule has 0 saturated carbocycles. The first kappa shape index (κ1) is 19.8. The number of aryl methyl sites for hydroxylation is 1. The highest BCUT2D eigenvalue weighted by Crippen LogP contribution is 2.32. The molecule has 0 aliphatic rings. The Morgan fingerprint density at radius 2 is 2.03 bits per heavy atom. The molecule has 6 nitrogen and oxygen atoms in total. The second-order valence-corrected chi connectivity index (χ2v) is 7.39. The lowest BCUT2D eigenvalue weighted by molar-refractivity contribution is 0.0945. The van der Waals surface area contributed by atoms with Crippen molar-refractivity contribution in [2.75, 3.05) is 7.11 Å². The Morgan fingerprint density at radius 1 is 1.20 bits per heavy atom. The van der Waals surface area contributed by atoms with E-state index in [1.807, 2.05) is 31.2 Å². The van der Waals surface area contributed by atoms with Crippen molar-refractivity contribution in [3.63, 3.8) is 0 Å². The molecule has 2 aromatic heterocycles. The number of pyridine rings is 1. The fourth-order valence-corrected chi connectivity index (χ4v) is 3.48. The van der Waals surface area contributed by atoms with Crippen LogP contribution in [0.3, 0.4) is 0 Å². The number of phenolic OH excluding ortho intramolecular Hbond substituents is 1. The Balaban J connectivity index is 1.63. The normalized spacial score (nSPS) is 10.9. The molecule has 2 aromatic carbocycles. The molecule has 2 heterocycles. The number of phenols is 1. The van der Waals surface area contributed by atoms with Gasteiger partial charge in [0.2, 0.25) is 0 Å². The van der Waals surface area contributed by atoms with E-state index in [4.69, 9.17) is 16.3 Å². The lowest BCUT2D eigenvalue weighted by atomic mass is 10.1. The molecule has 0 aliphatic heterocycles. The molecular formula is C23H20ClN3O3. The van der Waals surface area contributed by atoms with Crippen LogP contribution >= 0.6 is 11.6 Å². The second kappa shape index (κ2) is 8.08. The number of benzene rings is 2. The summed E-state index contributed by atoms with van der Waals surface area (Å²) in [5.41, 5.74) is 4.27. The Labute approximate surface area is 178 Å². The van der Waals surface area contributed by atoms with Crippen LogP contribution in [0.1, 0.15) is 21.6 Å². The number of hydrogen-bond donors (Lipinski definition) is 2. The number of carbonyl (C=O) groups excluding carboxylic acids is 1. The van der Waals surface area contributed by atoms with E-state index in [-0.39, 0.29) is 11.7 Å². The van der Waals surface area contributed by atoms with Gasteiger partial charge < -0.3 is 15.2 Å². The third-order valence-corrected chi connectivity index (χ3v) is 5.12. The molecule has 152 valence electrons. The van der Waals surface area contributed by atoms with E-state index in [0.29, 0.717) is 28.5 Å². The minimum absolute atomic E-state index is 0.108. The van der Waals surface area contributed by atoms with Gasteiger partial charge in [0.05, 0.1) is 13.3 Å². The standard InChI is InChI=1S/C23H20ClN3O3/c1-14-3-4-15(21(9-14)30-2)11-26-23(29)19-12-25-22-8-5-16(13-27(19)22)18-10-17(24)6-7-20(18)28/h3-10,12-13,28H,11H2,1-2H3,(H,26,29). The molecule has 0 unspecified atom stereocenters. The Kier molecular flexibility index (Phi) is 5.33. The van der Waals surface area contributed by atoms with E-state index >= 15 is 0 Å². The molecule has 0 aliphatic carbocycles. The van der Waals surface area contributed by atoms with E-state index in [0.717, 1.165) is 22.4 Å². The first-order valence-electron chi connectivity index (χ1n) is 9.34. The fraction of sp³-hybridized carbons (Fsp3) is 0.130. The fourth-order valence-electron chi connectivity index (χ4n) is 3.31. The number of halogens is 1. The van der Waals surface area contributed by atoms with Crippen LogP contribution in [0, 0.1) is 6.92 Å². The van der Waals surface area contributed by atoms with Crippen LogP contribution in [-0.4, -0.2) is 27.5 Å². The first-order valence-corrected chi connectivity index (χ1v) is 9.72. The average Bonchev–Trinajstić information content (AvgIpc) is 3.17. The number of amides is 1. The molecular weight excluding hydrogens is 402 g/mol. The number of aromatic hydroxyl groups is 1. The summed E-state index contributed by atoms with van der Waals surface area (Å²) < 4.78 is 7.09. The number of aromatic nitrogens is 2. The van der Waals surface area contributed by atoms with Crippen molar-refractivity contribution >= 4 is 23.2 Å². The van der Waals surface area contributed by atoms with Gasteiger partial charge in [-0.25, -0.2) is 4.98 Å². The molecule has 30 heavy (non-hydrogen) atoms. The predicted octanol–water partition coefficient (Wildman–Crippen LogP) is 4.61. The Bertz CT molecular complexity index is 1250. The number of fused-ring (bicyclic) bond motifs is 1. The van der Waals surface area contributed by atoms with Crippen molar-refractivity contribution in [2.24, 2.45) is 0 Å². The van der Waals surface area contributed by atoms with Gasteiger partial charge in [0.15, 0.2) is 0 Å². The van der Waals surface area contributed by atoms with Crippen molar-refractivity contribution in [1.29, 1.82) is 0 Å². The van der Waals surface area contributed by atoms with Gasteiger partial charge in [-0.15, -0.1) is 0 Å². The molecule has 1 amide bonds. The summed E-state index contributed by atoms with van der Waals surface area (Å²) in [6.45, 7) is 2.31. The van der Waals surface area contributed by atoms with Crippen molar-refractivity contribution in [3.05, 3.63) is 82.8 Å². The largest absolute Gasteiger partial charge is 0.507 e. The van der Waals surface area contributed by atoms with E-state index in [1.165, 1.54) is 6.20 Å². The molecule has 0 saturated heterocycles. The minimum Gasteiger partial charge on any atom is -0.507 e. The summed E-state index contributed by atoms with van der Waals surface area (Å²) in [6.07, 6.45) is 3.29. The number of imidazole rings is 1. The third-order valence-electron chi connectivity index (χ3n) is 4.89. The zero-order chi connectivity index (χ0) is 21.3. The van der Waals surface area contributed by atoms with Crippen LogP contribution in [0.25, 0.3) is 16.8 Å². The predicted molar refractivity (Wildman–Crippen MR) is 116 cm³/mol. The van der Waals surface area contributed by atoms with Crippen molar-refractivity contribution in [3.8, 4) is 22.6 Å². The summed E-state index contributed by atoms with van der Waals surface area (Å²) in [5, 5.41) is 13.6. The maximum atomic E-state index is 12.8. The smallest absolute Gasteiger partial charge is 0.270 e. The van der Waals surface area contributed by atoms with Gasteiger partial charge in [0.1, 0.15) is 22.8 Å². The molecule has 0 radical (unpaired) electrons. The lowest BCUT2D eigenvalue weighted by Gasteiger charge is -2.11. The van der Waals surface area contributed by atoms with Crippen LogP contribution in [0.15, 0.2) is 60.9 Å². The summed E-state index contributed by atoms with van der Waals surface area (Å²) >= 11 is 6.07. The van der Waals surface area contributed by atoms with Crippen molar-refractivity contribution in [2.45, 2.75) is 13.5 Å². The Morgan fingerprint density at radius 3 is 2.83 bits per heavy atom. The van der Waals surface area contributed by atoms with Crippen LogP contribution in [-0.2, 0) is 6.54 Å². The van der Waals surface area contributed by atoms with Crippen LogP contribution in [0.4, 0.5) is 0 Å². The van der Waals surface area contributed by atoms with Gasteiger partial charge in [-0.05, 0) is 48.9 Å². The van der Waals surface area contributed by atoms with E-state index in [2.05, 4.69) is 10.3 Å². The van der Waals surface area contributed by atoms with Crippen LogP contribution < -0.4 is 10.1 Å². The van der Waals surface area contributed by atoms with Gasteiger partial charge in [-0.2, -0.15) is 0 Å². The number of ether oxygens (including phenoxy) is 1. The third kappa shape index (κ3) is 3.82. The SMILES string of the molecule is COc1cc(C)ccc1CNC(=O)c1cnc2ccc(-c3cc(Cl)ccc3O)cn12. The van der Waals surface area contributed by atoms with Crippen LogP contribution in [0.5, 0.6) is 11.5 Å². The number of nitrogens with one attached hydrogen (secondary N) is 1. The quantitative estimate of drug-likeness (QED) is 0.493. The highest BCUT2D eigenvalue weighted by atomic mass is 35.5. The summed E-state index contributed by atoms with van der Waals surface area (Å²) in [4.78, 5) is 17.1. The Hall–Kier alpha value is -3.51. The zero-order valence-corrected chi connectivity index (χ0v) is 17.3. The minimum atomic E-state index is -0.266. The van der Waals surface area contributed by atoms with Crippen LogP contribution in [0.2, 0.25) is 5.02 Å². The second-order valence-electron chi connectivity index (χ2n) is 6.95. The maximum absolute atomic E-state index is 12.8. The highest BCUT2D eigenvalue weighted by molar-refractivity contribution is 6.31. The molecule has 0 bridgehead atoms. The van der Waals surface area contributed by atoms with Gasteiger partial charge in [0, 0.05) is 34.5 Å². The van der Waals surface area contributed by atoms with E-state index < -0.39 is 0 Å². The molecule has 4 rings (SSSR count). The number of carbonyl (C=O) groups is 1. The maximum Gasteiger partial charge on any atom is 0.270 e. The van der Waals surface area contributed by atoms with Gasteiger partial charge >= 0.3 is 0 Å². The van der Waals surface area contributed by atoms with E-state index in [1.54, 1.807) is 42.0 Å². The number of methoxy groups -OCH3 is 1. The van der Waals surface area contributed by atoms with Gasteiger partial charge in [-0.1, -0.05) is 23.7 Å². The molecule has 0 atom stereocenters. The van der Waals surface area contributed by atoms with E-state index in [9.17, 15) is 9.90 Å². The summed E-state index contributed by atoms with van der Waals surface area (Å²) in [5.74, 6) is 0.570. The number of nitrogens with zero attached hydrogens (tertiary/aromatic N) is 2. The lowest BCUT2D eigenvalue weighted by Crippen LogP contribution is -2.24. The van der Waals surface area contributed by atoms with Crippen molar-refractivity contribution < 1.29 is 14.6 Å². The molecule has 4 aromatic rings. The topological polar surface area (TPSA) is 75.9 Å². The number of hydrogen-bond acceptors (Lipinski definition) is 4. The molecule has 2 N–H and O–H groups in total. The summed E-state index contributed by atoms with van der Waals surface area (Å²) in [6, 6.07) is 14.3. The van der Waals surface area contributed by atoms with Gasteiger partial charge in [0.25, 0.3) is 5.91 Å². The van der Waals surface area contributed by atoms with Crippen molar-refractivity contribution in [1.82, 2.24) is 14.7 Å². The molecule has 7 heteroatoms. The summed E-state index contributed by atoms with van der Waals surface area (Å²) in [7, 11) is 1.61. The average molecular weight is 422 g/mol. The monoisotopic (exact) mass is 421 g/mol. The first-order chi connectivity index (χ1) is 14.5. The molecule has 0 fully saturated rings. The zero-order valence-electron chi connectivity index (χ0n) is 16.5. The highest BCUT2D eigenvalue weighted by Gasteiger charge is 2.15. The molecule has 0 spiro atoms. The number of rotatable bonds is 5. The van der Waals surface area contributed by atoms with Gasteiger partial charge in [-0.3, -0.25) is 9.20 Å².